The van der Waals surface area contributed by atoms with Gasteiger partial charge in [0.05, 0.1) is 0 Å². The van der Waals surface area contributed by atoms with Gasteiger partial charge >= 0.3 is 0 Å². The maximum absolute atomic E-state index is 2.57. The molecule has 0 unspecified atom stereocenters. The monoisotopic (exact) mass is 139 g/mol. The van der Waals surface area contributed by atoms with E-state index >= 15 is 0 Å². The van der Waals surface area contributed by atoms with Gasteiger partial charge in [-0.15, -0.1) is 0 Å². The van der Waals surface area contributed by atoms with Crippen molar-refractivity contribution < 1.29 is 0 Å². The maximum Gasteiger partial charge on any atom is -0.0272 e. The third kappa shape index (κ3) is 1.53. The summed E-state index contributed by atoms with van der Waals surface area (Å²) in [4.78, 5) is 0. The lowest BCUT2D eigenvalue weighted by Gasteiger charge is -2.35. The molecule has 0 aliphatic heterocycles. The topological polar surface area (TPSA) is 0 Å². The lowest BCUT2D eigenvalue weighted by Crippen LogP contribution is -2.22. The fourth-order valence-corrected chi connectivity index (χ4v) is 2.02. The minimum atomic E-state index is 0.637. The molecule has 1 aliphatic rings. The van der Waals surface area contributed by atoms with Crippen LogP contribution in [0.4, 0.5) is 0 Å². The average Bonchev–Trinajstić information content (AvgIpc) is 2.06. The summed E-state index contributed by atoms with van der Waals surface area (Å²) in [5.74, 6) is 0. The van der Waals surface area contributed by atoms with Crippen molar-refractivity contribution in [1.29, 1.82) is 0 Å². The Balaban J connectivity index is 2.44. The molecule has 0 nitrogen and oxygen atoms in total. The summed E-state index contributed by atoms with van der Waals surface area (Å²) in [5, 5.41) is 0. The van der Waals surface area contributed by atoms with Gasteiger partial charge in [0.1, 0.15) is 0 Å². The standard InChI is InChI=1S/C10H19/c1-3-10(4-2)8-6-5-7-9-10/h8H,3-7,9H2,1-2H3. The molecule has 1 aliphatic carbocycles. The first-order valence-electron chi connectivity index (χ1n) is 4.67. The fraction of sp³-hybridized carbons (Fsp3) is 0.900. The van der Waals surface area contributed by atoms with E-state index in [4.69, 9.17) is 0 Å². The predicted molar refractivity (Wildman–Crippen MR) is 45.8 cm³/mol. The minimum Gasteiger partial charge on any atom is -0.0648 e. The summed E-state index contributed by atoms with van der Waals surface area (Å²) < 4.78 is 0. The molecule has 10 heavy (non-hydrogen) atoms. The second-order valence-corrected chi connectivity index (χ2v) is 3.52. The molecule has 0 atom stereocenters. The summed E-state index contributed by atoms with van der Waals surface area (Å²) in [6.07, 6.45) is 11.0. The van der Waals surface area contributed by atoms with Gasteiger partial charge < -0.3 is 0 Å². The first-order valence-corrected chi connectivity index (χ1v) is 4.67. The van der Waals surface area contributed by atoms with Gasteiger partial charge in [0, 0.05) is 0 Å². The predicted octanol–water partition coefficient (Wildman–Crippen LogP) is 3.57. The molecule has 1 saturated carbocycles. The second-order valence-electron chi connectivity index (χ2n) is 3.52. The largest absolute Gasteiger partial charge is 0.0648 e. The number of hydrogen-bond donors (Lipinski definition) is 0. The Hall–Kier alpha value is 0. The Kier molecular flexibility index (Phi) is 2.76. The van der Waals surface area contributed by atoms with Gasteiger partial charge in [0.2, 0.25) is 0 Å². The molecule has 0 aromatic carbocycles. The zero-order chi connectivity index (χ0) is 7.45. The van der Waals surface area contributed by atoms with Gasteiger partial charge in [0.25, 0.3) is 0 Å². The molecule has 0 heteroatoms. The Labute approximate surface area is 65.0 Å². The van der Waals surface area contributed by atoms with Gasteiger partial charge in [-0.3, -0.25) is 0 Å². The summed E-state index contributed by atoms with van der Waals surface area (Å²) in [7, 11) is 0. The van der Waals surface area contributed by atoms with Gasteiger partial charge in [-0.05, 0) is 24.7 Å². The quantitative estimate of drug-likeness (QED) is 0.548. The number of hydrogen-bond acceptors (Lipinski definition) is 0. The first-order chi connectivity index (χ1) is 4.83. The van der Waals surface area contributed by atoms with Crippen LogP contribution in [0.15, 0.2) is 0 Å². The highest BCUT2D eigenvalue weighted by Gasteiger charge is 2.27. The van der Waals surface area contributed by atoms with Crippen molar-refractivity contribution in [1.82, 2.24) is 0 Å². The van der Waals surface area contributed by atoms with Crippen molar-refractivity contribution in [2.45, 2.75) is 52.4 Å². The van der Waals surface area contributed by atoms with Crippen LogP contribution in [0.2, 0.25) is 0 Å². The molecule has 0 aromatic rings. The molecule has 0 amide bonds. The smallest absolute Gasteiger partial charge is 0.0272 e. The van der Waals surface area contributed by atoms with Crippen molar-refractivity contribution in [3.63, 3.8) is 0 Å². The lowest BCUT2D eigenvalue weighted by atomic mass is 9.71. The van der Waals surface area contributed by atoms with Crippen LogP contribution in [0, 0.1) is 11.8 Å². The van der Waals surface area contributed by atoms with E-state index in [0.29, 0.717) is 5.41 Å². The molecule has 0 bridgehead atoms. The molecule has 0 aromatic heterocycles. The van der Waals surface area contributed by atoms with Crippen LogP contribution >= 0.6 is 0 Å². The van der Waals surface area contributed by atoms with Crippen molar-refractivity contribution in [3.8, 4) is 0 Å². The molecule has 1 radical (unpaired) electrons. The van der Waals surface area contributed by atoms with E-state index < -0.39 is 0 Å². The molecule has 0 N–H and O–H groups in total. The van der Waals surface area contributed by atoms with E-state index in [0.717, 1.165) is 0 Å². The SMILES string of the molecule is CCC1(CC)[CH]CCCC1. The van der Waals surface area contributed by atoms with Crippen LogP contribution in [0.1, 0.15) is 52.4 Å². The molecule has 1 rings (SSSR count). The highest BCUT2D eigenvalue weighted by atomic mass is 14.3. The van der Waals surface area contributed by atoms with Crippen molar-refractivity contribution in [3.05, 3.63) is 6.42 Å². The Morgan fingerprint density at radius 2 is 1.90 bits per heavy atom. The zero-order valence-corrected chi connectivity index (χ0v) is 7.32. The van der Waals surface area contributed by atoms with Crippen LogP contribution in [0.25, 0.3) is 0 Å². The normalized spacial score (nSPS) is 24.6. The molecule has 0 spiro atoms. The number of rotatable bonds is 2. The van der Waals surface area contributed by atoms with Crippen molar-refractivity contribution in [2.75, 3.05) is 0 Å². The van der Waals surface area contributed by atoms with E-state index in [1.165, 1.54) is 38.5 Å². The van der Waals surface area contributed by atoms with Crippen molar-refractivity contribution in [2.24, 2.45) is 5.41 Å². The second kappa shape index (κ2) is 3.41. The van der Waals surface area contributed by atoms with Crippen LogP contribution < -0.4 is 0 Å². The van der Waals surface area contributed by atoms with E-state index in [-0.39, 0.29) is 0 Å². The third-order valence-corrected chi connectivity index (χ3v) is 3.11. The van der Waals surface area contributed by atoms with Gasteiger partial charge in [-0.1, -0.05) is 39.5 Å². The fourth-order valence-electron chi connectivity index (χ4n) is 2.02. The van der Waals surface area contributed by atoms with E-state index in [9.17, 15) is 0 Å². The maximum atomic E-state index is 2.57. The molecule has 0 saturated heterocycles. The molecular formula is C10H19. The van der Waals surface area contributed by atoms with E-state index in [1.54, 1.807) is 0 Å². The molecule has 1 fully saturated rings. The summed E-state index contributed by atoms with van der Waals surface area (Å²) in [5.41, 5.74) is 0.637. The first kappa shape index (κ1) is 8.10. The summed E-state index contributed by atoms with van der Waals surface area (Å²) >= 11 is 0. The van der Waals surface area contributed by atoms with Crippen LogP contribution in [-0.4, -0.2) is 0 Å². The van der Waals surface area contributed by atoms with Crippen molar-refractivity contribution >= 4 is 0 Å². The van der Waals surface area contributed by atoms with Gasteiger partial charge in [-0.25, -0.2) is 0 Å². The zero-order valence-electron chi connectivity index (χ0n) is 7.32. The summed E-state index contributed by atoms with van der Waals surface area (Å²) in [6.45, 7) is 4.65. The third-order valence-electron chi connectivity index (χ3n) is 3.11. The highest BCUT2D eigenvalue weighted by Crippen LogP contribution is 2.40. The Morgan fingerprint density at radius 3 is 2.20 bits per heavy atom. The summed E-state index contributed by atoms with van der Waals surface area (Å²) in [6, 6.07) is 0. The minimum absolute atomic E-state index is 0.637. The Bertz CT molecular complexity index is 82.2. The Morgan fingerprint density at radius 1 is 1.20 bits per heavy atom. The highest BCUT2D eigenvalue weighted by molar-refractivity contribution is 4.93. The lowest BCUT2D eigenvalue weighted by molar-refractivity contribution is 0.245. The van der Waals surface area contributed by atoms with Crippen LogP contribution in [0.5, 0.6) is 0 Å². The average molecular weight is 139 g/mol. The van der Waals surface area contributed by atoms with Gasteiger partial charge in [0.15, 0.2) is 0 Å². The van der Waals surface area contributed by atoms with E-state index in [1.807, 2.05) is 0 Å². The van der Waals surface area contributed by atoms with Gasteiger partial charge in [-0.2, -0.15) is 0 Å². The molecule has 0 heterocycles. The van der Waals surface area contributed by atoms with E-state index in [2.05, 4.69) is 20.3 Å². The molecule has 59 valence electrons. The molecular weight excluding hydrogens is 120 g/mol. The van der Waals surface area contributed by atoms with Crippen LogP contribution in [0.3, 0.4) is 0 Å². The van der Waals surface area contributed by atoms with Crippen LogP contribution in [-0.2, 0) is 0 Å².